The molecule has 0 aliphatic rings. The summed E-state index contributed by atoms with van der Waals surface area (Å²) in [5.74, 6) is 0.324. The summed E-state index contributed by atoms with van der Waals surface area (Å²) >= 11 is 3.59. The molecule has 16 heavy (non-hydrogen) atoms. The molecule has 6 heteroatoms. The molecule has 1 amide bonds. The lowest BCUT2D eigenvalue weighted by atomic mass is 10.3. The van der Waals surface area contributed by atoms with E-state index in [0.29, 0.717) is 11.5 Å². The van der Waals surface area contributed by atoms with E-state index in [1.807, 2.05) is 13.0 Å². The lowest BCUT2D eigenvalue weighted by Gasteiger charge is -2.04. The van der Waals surface area contributed by atoms with Gasteiger partial charge in [0.2, 0.25) is 0 Å². The molecule has 0 saturated carbocycles. The van der Waals surface area contributed by atoms with Gasteiger partial charge in [-0.05, 0) is 41.6 Å². The summed E-state index contributed by atoms with van der Waals surface area (Å²) in [4.78, 5) is 19.9. The molecule has 0 spiro atoms. The highest BCUT2D eigenvalue weighted by molar-refractivity contribution is 14.1. The maximum absolute atomic E-state index is 11.7. The largest absolute Gasteiger partial charge is 0.305 e. The minimum absolute atomic E-state index is 0.227. The van der Waals surface area contributed by atoms with Gasteiger partial charge in [0.1, 0.15) is 11.5 Å². The van der Waals surface area contributed by atoms with E-state index in [1.54, 1.807) is 17.0 Å². The summed E-state index contributed by atoms with van der Waals surface area (Å²) in [5.41, 5.74) is 2.95. The Morgan fingerprint density at radius 1 is 1.50 bits per heavy atom. The Labute approximate surface area is 110 Å². The average Bonchev–Trinajstić information content (AvgIpc) is 2.77. The lowest BCUT2D eigenvalue weighted by molar-refractivity contribution is 0.102. The van der Waals surface area contributed by atoms with Crippen LogP contribution in [0, 0.1) is 10.5 Å². The van der Waals surface area contributed by atoms with Gasteiger partial charge in [0.15, 0.2) is 0 Å². The van der Waals surface area contributed by atoms with E-state index < -0.39 is 0 Å². The van der Waals surface area contributed by atoms with E-state index in [2.05, 4.69) is 37.9 Å². The van der Waals surface area contributed by atoms with Crippen LogP contribution in [0.5, 0.6) is 0 Å². The summed E-state index contributed by atoms with van der Waals surface area (Å²) in [5, 5.41) is 4.41. The number of rotatable bonds is 2. The first-order valence-electron chi connectivity index (χ1n) is 4.49. The fraction of sp³-hybridized carbons (Fsp3) is 0.100. The number of anilines is 1. The van der Waals surface area contributed by atoms with Crippen molar-refractivity contribution in [2.75, 3.05) is 5.32 Å². The van der Waals surface area contributed by atoms with Crippen molar-refractivity contribution < 1.29 is 4.79 Å². The zero-order valence-electron chi connectivity index (χ0n) is 8.40. The molecule has 0 fully saturated rings. The van der Waals surface area contributed by atoms with Gasteiger partial charge in [-0.2, -0.15) is 0 Å². The molecular formula is C10H8IN3OS. The second kappa shape index (κ2) is 4.88. The van der Waals surface area contributed by atoms with Gasteiger partial charge >= 0.3 is 0 Å². The zero-order valence-corrected chi connectivity index (χ0v) is 11.4. The second-order valence-electron chi connectivity index (χ2n) is 3.09. The molecule has 0 radical (unpaired) electrons. The fourth-order valence-corrected chi connectivity index (χ4v) is 1.95. The quantitative estimate of drug-likeness (QED) is 0.852. The van der Waals surface area contributed by atoms with Gasteiger partial charge < -0.3 is 5.32 Å². The predicted octanol–water partition coefficient (Wildman–Crippen LogP) is 2.70. The van der Waals surface area contributed by atoms with Gasteiger partial charge in [0.25, 0.3) is 5.91 Å². The summed E-state index contributed by atoms with van der Waals surface area (Å²) in [6.45, 7) is 1.90. The monoisotopic (exact) mass is 345 g/mol. The SMILES string of the molecule is Cc1nc(NC(=O)c2cscn2)ccc1I. The van der Waals surface area contributed by atoms with Gasteiger partial charge in [-0.3, -0.25) is 4.79 Å². The van der Waals surface area contributed by atoms with Crippen LogP contribution in [0.1, 0.15) is 16.2 Å². The number of aryl methyl sites for hydroxylation is 1. The minimum atomic E-state index is -0.227. The number of pyridine rings is 1. The topological polar surface area (TPSA) is 54.9 Å². The van der Waals surface area contributed by atoms with Crippen molar-refractivity contribution in [1.82, 2.24) is 9.97 Å². The molecule has 0 saturated heterocycles. The molecule has 2 rings (SSSR count). The Morgan fingerprint density at radius 3 is 2.94 bits per heavy atom. The summed E-state index contributed by atoms with van der Waals surface area (Å²) < 4.78 is 1.07. The van der Waals surface area contributed by atoms with Gasteiger partial charge in [0.05, 0.1) is 11.2 Å². The van der Waals surface area contributed by atoms with Gasteiger partial charge in [-0.1, -0.05) is 0 Å². The molecule has 0 bridgehead atoms. The van der Waals surface area contributed by atoms with Crippen LogP contribution in [0.3, 0.4) is 0 Å². The standard InChI is InChI=1S/C10H8IN3OS/c1-6-7(11)2-3-9(13-6)14-10(15)8-4-16-5-12-8/h2-5H,1H3,(H,13,14,15). The first-order valence-corrected chi connectivity index (χ1v) is 6.51. The molecule has 0 aliphatic carbocycles. The molecule has 0 aromatic carbocycles. The van der Waals surface area contributed by atoms with Gasteiger partial charge in [0, 0.05) is 8.95 Å². The Morgan fingerprint density at radius 2 is 2.31 bits per heavy atom. The number of nitrogens with one attached hydrogen (secondary N) is 1. The third kappa shape index (κ3) is 2.56. The van der Waals surface area contributed by atoms with Crippen LogP contribution in [0.2, 0.25) is 0 Å². The number of thiazole rings is 1. The molecule has 2 aromatic heterocycles. The summed E-state index contributed by atoms with van der Waals surface area (Å²) in [6.07, 6.45) is 0. The van der Waals surface area contributed by atoms with Crippen molar-refractivity contribution in [3.63, 3.8) is 0 Å². The molecular weight excluding hydrogens is 337 g/mol. The third-order valence-corrected chi connectivity index (χ3v) is 3.65. The average molecular weight is 345 g/mol. The number of carbonyl (C=O) groups is 1. The fourth-order valence-electron chi connectivity index (χ4n) is 1.12. The number of carbonyl (C=O) groups excluding carboxylic acids is 1. The van der Waals surface area contributed by atoms with E-state index in [0.717, 1.165) is 9.26 Å². The number of amides is 1. The number of aromatic nitrogens is 2. The van der Waals surface area contributed by atoms with Crippen LogP contribution in [-0.4, -0.2) is 15.9 Å². The summed E-state index contributed by atoms with van der Waals surface area (Å²) in [6, 6.07) is 3.69. The highest BCUT2D eigenvalue weighted by Crippen LogP contribution is 2.13. The predicted molar refractivity (Wildman–Crippen MR) is 71.8 cm³/mol. The van der Waals surface area contributed by atoms with Gasteiger partial charge in [-0.15, -0.1) is 11.3 Å². The van der Waals surface area contributed by atoms with E-state index in [4.69, 9.17) is 0 Å². The summed E-state index contributed by atoms with van der Waals surface area (Å²) in [7, 11) is 0. The van der Waals surface area contributed by atoms with Crippen molar-refractivity contribution >= 4 is 45.7 Å². The molecule has 0 aliphatic heterocycles. The number of nitrogens with zero attached hydrogens (tertiary/aromatic N) is 2. The van der Waals surface area contributed by atoms with Crippen molar-refractivity contribution in [3.05, 3.63) is 38.0 Å². The normalized spacial score (nSPS) is 10.1. The van der Waals surface area contributed by atoms with E-state index in [9.17, 15) is 4.79 Å². The Kier molecular flexibility index (Phi) is 3.49. The van der Waals surface area contributed by atoms with Crippen LogP contribution < -0.4 is 5.32 Å². The highest BCUT2D eigenvalue weighted by atomic mass is 127. The van der Waals surface area contributed by atoms with E-state index in [-0.39, 0.29) is 5.91 Å². The number of hydrogen-bond acceptors (Lipinski definition) is 4. The number of hydrogen-bond donors (Lipinski definition) is 1. The van der Waals surface area contributed by atoms with E-state index in [1.165, 1.54) is 11.3 Å². The second-order valence-corrected chi connectivity index (χ2v) is 4.97. The molecule has 4 nitrogen and oxygen atoms in total. The Hall–Kier alpha value is -1.02. The zero-order chi connectivity index (χ0) is 11.5. The van der Waals surface area contributed by atoms with Crippen molar-refractivity contribution in [2.45, 2.75) is 6.92 Å². The van der Waals surface area contributed by atoms with Crippen molar-refractivity contribution in [2.24, 2.45) is 0 Å². The molecule has 2 heterocycles. The first-order chi connectivity index (χ1) is 7.66. The molecule has 0 unspecified atom stereocenters. The van der Waals surface area contributed by atoms with E-state index >= 15 is 0 Å². The lowest BCUT2D eigenvalue weighted by Crippen LogP contribution is -2.13. The smallest absolute Gasteiger partial charge is 0.276 e. The highest BCUT2D eigenvalue weighted by Gasteiger charge is 2.08. The van der Waals surface area contributed by atoms with Gasteiger partial charge in [-0.25, -0.2) is 9.97 Å². The maximum Gasteiger partial charge on any atom is 0.276 e. The molecule has 2 aromatic rings. The molecule has 0 atom stereocenters. The van der Waals surface area contributed by atoms with Crippen LogP contribution >= 0.6 is 33.9 Å². The van der Waals surface area contributed by atoms with Crippen LogP contribution in [-0.2, 0) is 0 Å². The minimum Gasteiger partial charge on any atom is -0.305 e. The number of halogens is 1. The van der Waals surface area contributed by atoms with Crippen molar-refractivity contribution in [1.29, 1.82) is 0 Å². The Balaban J connectivity index is 2.15. The first kappa shape index (κ1) is 11.5. The maximum atomic E-state index is 11.7. The molecule has 82 valence electrons. The van der Waals surface area contributed by atoms with Crippen molar-refractivity contribution in [3.8, 4) is 0 Å². The third-order valence-electron chi connectivity index (χ3n) is 1.93. The van der Waals surface area contributed by atoms with Crippen LogP contribution in [0.25, 0.3) is 0 Å². The molecule has 1 N–H and O–H groups in total. The Bertz CT molecular complexity index is 513. The van der Waals surface area contributed by atoms with Crippen LogP contribution in [0.15, 0.2) is 23.0 Å². The van der Waals surface area contributed by atoms with Crippen LogP contribution in [0.4, 0.5) is 5.82 Å².